The quantitative estimate of drug-likeness (QED) is 0.374. The smallest absolute Gasteiger partial charge is 0.303 e. The van der Waals surface area contributed by atoms with Gasteiger partial charge in [-0.05, 0) is 30.5 Å². The molecule has 1 heterocycles. The molecule has 3 rings (SSSR count). The van der Waals surface area contributed by atoms with Gasteiger partial charge in [0.1, 0.15) is 0 Å². The minimum absolute atomic E-state index is 0.00773. The van der Waals surface area contributed by atoms with E-state index in [1.165, 1.54) is 5.56 Å². The summed E-state index contributed by atoms with van der Waals surface area (Å²) in [5, 5.41) is 22.6. The number of para-hydroxylation sites is 1. The van der Waals surface area contributed by atoms with Crippen LogP contribution in [0.15, 0.2) is 65.9 Å². The number of carboxylic acid groups (broad SMARTS) is 1. The van der Waals surface area contributed by atoms with Crippen LogP contribution < -0.4 is 0 Å². The maximum absolute atomic E-state index is 11.4. The van der Waals surface area contributed by atoms with Gasteiger partial charge in [0.15, 0.2) is 0 Å². The first-order valence-electron chi connectivity index (χ1n) is 8.59. The van der Waals surface area contributed by atoms with Crippen molar-refractivity contribution < 1.29 is 15.1 Å². The number of fused-ring (bicyclic) bond motifs is 1. The van der Waals surface area contributed by atoms with E-state index >= 15 is 0 Å². The third kappa shape index (κ3) is 3.94. The topological polar surface area (TPSA) is 74.8 Å². The fraction of sp³-hybridized carbons (Fsp3) is 0.238. The summed E-state index contributed by atoms with van der Waals surface area (Å²) >= 11 is 0. The van der Waals surface area contributed by atoms with Gasteiger partial charge in [0.05, 0.1) is 12.1 Å². The van der Waals surface area contributed by atoms with Gasteiger partial charge in [-0.3, -0.25) is 4.79 Å². The average Bonchev–Trinajstić information content (AvgIpc) is 3.00. The molecule has 0 saturated heterocycles. The van der Waals surface area contributed by atoms with Gasteiger partial charge in [0.2, 0.25) is 0 Å². The second-order valence-corrected chi connectivity index (χ2v) is 6.55. The van der Waals surface area contributed by atoms with Crippen molar-refractivity contribution >= 4 is 22.6 Å². The normalized spacial score (nSPS) is 13.0. The van der Waals surface area contributed by atoms with Crippen molar-refractivity contribution in [3.63, 3.8) is 0 Å². The molecule has 0 bridgehead atoms. The van der Waals surface area contributed by atoms with Gasteiger partial charge in [-0.15, -0.1) is 0 Å². The highest BCUT2D eigenvalue weighted by molar-refractivity contribution is 5.88. The number of benzene rings is 2. The molecule has 5 heteroatoms. The fourth-order valence-corrected chi connectivity index (χ4v) is 3.41. The molecule has 0 amide bonds. The summed E-state index contributed by atoms with van der Waals surface area (Å²) < 4.78 is 2.15. The van der Waals surface area contributed by atoms with Crippen LogP contribution in [0.3, 0.4) is 0 Å². The van der Waals surface area contributed by atoms with Crippen LogP contribution in [-0.2, 0) is 11.3 Å². The van der Waals surface area contributed by atoms with Crippen LogP contribution in [0.5, 0.6) is 0 Å². The Balaban J connectivity index is 2.05. The Bertz CT molecular complexity index is 929. The van der Waals surface area contributed by atoms with E-state index in [0.29, 0.717) is 18.7 Å². The number of hydrogen-bond acceptors (Lipinski definition) is 3. The van der Waals surface area contributed by atoms with Crippen LogP contribution in [0.4, 0.5) is 0 Å². The number of oxime groups is 1. The first-order chi connectivity index (χ1) is 12.6. The van der Waals surface area contributed by atoms with E-state index in [2.05, 4.69) is 21.9 Å². The van der Waals surface area contributed by atoms with Crippen LogP contribution in [0, 0.1) is 0 Å². The molecule has 1 aromatic heterocycles. The van der Waals surface area contributed by atoms with Crippen molar-refractivity contribution in [2.75, 3.05) is 0 Å². The zero-order valence-corrected chi connectivity index (χ0v) is 14.7. The number of rotatable bonds is 7. The fourth-order valence-electron chi connectivity index (χ4n) is 3.41. The Morgan fingerprint density at radius 2 is 1.77 bits per heavy atom. The Kier molecular flexibility index (Phi) is 5.37. The molecule has 0 radical (unpaired) electrons. The van der Waals surface area contributed by atoms with Crippen LogP contribution in [-0.4, -0.2) is 26.6 Å². The maximum atomic E-state index is 11.4. The number of nitrogens with zero attached hydrogens (tertiary/aromatic N) is 2. The van der Waals surface area contributed by atoms with Crippen LogP contribution >= 0.6 is 0 Å². The van der Waals surface area contributed by atoms with Crippen molar-refractivity contribution in [3.05, 3.63) is 71.9 Å². The summed E-state index contributed by atoms with van der Waals surface area (Å²) in [5.41, 5.74) is 3.75. The summed E-state index contributed by atoms with van der Waals surface area (Å²) in [6, 6.07) is 18.2. The molecule has 3 aromatic rings. The number of aromatic nitrogens is 1. The molecular weight excluding hydrogens is 328 g/mol. The Morgan fingerprint density at radius 3 is 2.46 bits per heavy atom. The molecule has 5 nitrogen and oxygen atoms in total. The van der Waals surface area contributed by atoms with Gasteiger partial charge in [-0.2, -0.15) is 0 Å². The summed E-state index contributed by atoms with van der Waals surface area (Å²) in [6.07, 6.45) is 2.43. The molecule has 134 valence electrons. The number of carboxylic acids is 1. The molecule has 26 heavy (non-hydrogen) atoms. The van der Waals surface area contributed by atoms with E-state index in [1.807, 2.05) is 48.7 Å². The van der Waals surface area contributed by atoms with E-state index in [9.17, 15) is 9.90 Å². The number of hydrogen-bond donors (Lipinski definition) is 2. The van der Waals surface area contributed by atoms with Gasteiger partial charge in [-0.1, -0.05) is 53.7 Å². The minimum Gasteiger partial charge on any atom is -0.481 e. The lowest BCUT2D eigenvalue weighted by Crippen LogP contribution is -2.10. The van der Waals surface area contributed by atoms with Crippen LogP contribution in [0.1, 0.15) is 36.8 Å². The zero-order valence-electron chi connectivity index (χ0n) is 14.7. The third-order valence-electron chi connectivity index (χ3n) is 4.59. The standard InChI is InChI=1S/C21H22N2O3/c1-15(22-26)11-17(12-21(24)25)19-14-23(13-16-7-3-2-4-8-16)20-10-6-5-9-18(19)20/h2-10,14,17,26H,11-13H2,1H3,(H,24,25)/b22-15-/t17-/m0/s1. The molecular formula is C21H22N2O3. The average molecular weight is 350 g/mol. The lowest BCUT2D eigenvalue weighted by molar-refractivity contribution is -0.137. The Hall–Kier alpha value is -3.08. The highest BCUT2D eigenvalue weighted by Crippen LogP contribution is 2.33. The minimum atomic E-state index is -0.861. The van der Waals surface area contributed by atoms with Crippen molar-refractivity contribution in [2.45, 2.75) is 32.2 Å². The molecule has 2 N–H and O–H groups in total. The molecule has 0 aliphatic rings. The second-order valence-electron chi connectivity index (χ2n) is 6.55. The second kappa shape index (κ2) is 7.87. The number of carbonyl (C=O) groups is 1. The predicted octanol–water partition coefficient (Wildman–Crippen LogP) is 4.49. The largest absolute Gasteiger partial charge is 0.481 e. The van der Waals surface area contributed by atoms with E-state index in [4.69, 9.17) is 5.21 Å². The SMILES string of the molecule is C/C(C[C@@H](CC(=O)O)c1cn(Cc2ccccc2)c2ccccc12)=N/O. The lowest BCUT2D eigenvalue weighted by atomic mass is 9.90. The summed E-state index contributed by atoms with van der Waals surface area (Å²) in [4.78, 5) is 11.4. The first-order valence-corrected chi connectivity index (χ1v) is 8.59. The molecule has 0 spiro atoms. The highest BCUT2D eigenvalue weighted by Gasteiger charge is 2.21. The van der Waals surface area contributed by atoms with Crippen molar-refractivity contribution in [3.8, 4) is 0 Å². The van der Waals surface area contributed by atoms with Crippen LogP contribution in [0.25, 0.3) is 10.9 Å². The monoisotopic (exact) mass is 350 g/mol. The van der Waals surface area contributed by atoms with Gasteiger partial charge in [0, 0.05) is 29.6 Å². The number of aliphatic carboxylic acids is 1. The molecule has 2 aromatic carbocycles. The highest BCUT2D eigenvalue weighted by atomic mass is 16.4. The van der Waals surface area contributed by atoms with Gasteiger partial charge in [-0.25, -0.2) is 0 Å². The Morgan fingerprint density at radius 1 is 1.08 bits per heavy atom. The Labute approximate surface area is 152 Å². The summed E-state index contributed by atoms with van der Waals surface area (Å²) in [5.74, 6) is -1.11. The third-order valence-corrected chi connectivity index (χ3v) is 4.59. The first kappa shape index (κ1) is 17.7. The van der Waals surface area contributed by atoms with Crippen molar-refractivity contribution in [1.29, 1.82) is 0 Å². The van der Waals surface area contributed by atoms with E-state index < -0.39 is 5.97 Å². The molecule has 0 fully saturated rings. The van der Waals surface area contributed by atoms with Crippen LogP contribution in [0.2, 0.25) is 0 Å². The van der Waals surface area contributed by atoms with Gasteiger partial charge >= 0.3 is 5.97 Å². The van der Waals surface area contributed by atoms with Gasteiger partial charge in [0.25, 0.3) is 0 Å². The molecule has 0 aliphatic carbocycles. The molecule has 0 unspecified atom stereocenters. The van der Waals surface area contributed by atoms with Gasteiger partial charge < -0.3 is 14.9 Å². The van der Waals surface area contributed by atoms with Crippen molar-refractivity contribution in [1.82, 2.24) is 4.57 Å². The molecule has 0 saturated carbocycles. The summed E-state index contributed by atoms with van der Waals surface area (Å²) in [6.45, 7) is 2.42. The van der Waals surface area contributed by atoms with Crippen molar-refractivity contribution in [2.24, 2.45) is 5.16 Å². The van der Waals surface area contributed by atoms with E-state index in [0.717, 1.165) is 16.5 Å². The van der Waals surface area contributed by atoms with E-state index in [-0.39, 0.29) is 12.3 Å². The predicted molar refractivity (Wildman–Crippen MR) is 102 cm³/mol. The van der Waals surface area contributed by atoms with E-state index in [1.54, 1.807) is 6.92 Å². The molecule has 1 atom stereocenters. The summed E-state index contributed by atoms with van der Waals surface area (Å²) in [7, 11) is 0. The molecule has 0 aliphatic heterocycles. The maximum Gasteiger partial charge on any atom is 0.303 e. The lowest BCUT2D eigenvalue weighted by Gasteiger charge is -2.13. The zero-order chi connectivity index (χ0) is 18.5.